The number of carbonyl (C=O) groups is 1. The van der Waals surface area contributed by atoms with Gasteiger partial charge in [-0.25, -0.2) is 4.39 Å². The van der Waals surface area contributed by atoms with Gasteiger partial charge in [0.2, 0.25) is 0 Å². The van der Waals surface area contributed by atoms with Crippen LogP contribution in [-0.2, 0) is 0 Å². The maximum Gasteiger partial charge on any atom is 0.253 e. The van der Waals surface area contributed by atoms with Gasteiger partial charge in [-0.2, -0.15) is 0 Å². The fourth-order valence-corrected chi connectivity index (χ4v) is 2.52. The number of carbonyl (C=O) groups excluding carboxylic acids is 1. The molecule has 1 saturated heterocycles. The van der Waals surface area contributed by atoms with Crippen LogP contribution in [0.2, 0.25) is 5.02 Å². The minimum absolute atomic E-state index is 0.0112. The third-order valence-electron chi connectivity index (χ3n) is 3.59. The summed E-state index contributed by atoms with van der Waals surface area (Å²) in [6, 6.07) is 4.08. The van der Waals surface area contributed by atoms with Crippen LogP contribution in [0.15, 0.2) is 18.2 Å². The van der Waals surface area contributed by atoms with Gasteiger partial charge in [0.1, 0.15) is 5.82 Å². The predicted molar refractivity (Wildman–Crippen MR) is 71.7 cm³/mol. The summed E-state index contributed by atoms with van der Waals surface area (Å²) < 4.78 is 13.4. The van der Waals surface area contributed by atoms with E-state index < -0.39 is 11.9 Å². The minimum Gasteiger partial charge on any atom is -0.393 e. The van der Waals surface area contributed by atoms with Gasteiger partial charge in [0.05, 0.1) is 11.1 Å². The Morgan fingerprint density at radius 1 is 1.58 bits per heavy atom. The van der Waals surface area contributed by atoms with Gasteiger partial charge in [-0.3, -0.25) is 4.79 Å². The second kappa shape index (κ2) is 5.88. The second-order valence-electron chi connectivity index (χ2n) is 5.02. The lowest BCUT2D eigenvalue weighted by Crippen LogP contribution is -2.42. The third-order valence-corrected chi connectivity index (χ3v) is 3.90. The van der Waals surface area contributed by atoms with Crippen molar-refractivity contribution in [2.45, 2.75) is 25.9 Å². The molecule has 3 nitrogen and oxygen atoms in total. The highest BCUT2D eigenvalue weighted by atomic mass is 35.5. The molecule has 1 N–H and O–H groups in total. The average Bonchev–Trinajstić information content (AvgIpc) is 2.41. The van der Waals surface area contributed by atoms with Crippen LogP contribution < -0.4 is 0 Å². The molecule has 1 aromatic rings. The molecule has 1 aliphatic rings. The summed E-state index contributed by atoms with van der Waals surface area (Å²) in [7, 11) is 0. The number of benzene rings is 1. The molecule has 1 heterocycles. The number of nitrogens with zero attached hydrogens (tertiary/aromatic N) is 1. The van der Waals surface area contributed by atoms with E-state index in [0.29, 0.717) is 18.7 Å². The van der Waals surface area contributed by atoms with Crippen molar-refractivity contribution in [2.24, 2.45) is 5.92 Å². The van der Waals surface area contributed by atoms with Gasteiger partial charge < -0.3 is 10.0 Å². The Hall–Kier alpha value is -1.13. The maximum absolute atomic E-state index is 13.4. The number of aliphatic hydroxyl groups is 1. The molecule has 1 fully saturated rings. The van der Waals surface area contributed by atoms with Gasteiger partial charge in [0.25, 0.3) is 5.91 Å². The Bertz CT molecular complexity index is 479. The Morgan fingerprint density at radius 3 is 2.95 bits per heavy atom. The van der Waals surface area contributed by atoms with Crippen molar-refractivity contribution in [1.29, 1.82) is 0 Å². The van der Waals surface area contributed by atoms with E-state index >= 15 is 0 Å². The van der Waals surface area contributed by atoms with E-state index in [1.807, 2.05) is 0 Å². The molecule has 5 heteroatoms. The van der Waals surface area contributed by atoms with Crippen LogP contribution in [0.3, 0.4) is 0 Å². The first-order valence-electron chi connectivity index (χ1n) is 6.41. The highest BCUT2D eigenvalue weighted by Crippen LogP contribution is 2.22. The summed E-state index contributed by atoms with van der Waals surface area (Å²) in [6.07, 6.45) is 1.34. The van der Waals surface area contributed by atoms with Crippen LogP contribution in [0.5, 0.6) is 0 Å². The summed E-state index contributed by atoms with van der Waals surface area (Å²) in [5, 5.41) is 9.62. The molecule has 2 rings (SSSR count). The standard InChI is InChI=1S/C14H17ClFNO2/c1-9(18)11-3-2-6-17(8-11)14(19)10-4-5-12(15)13(16)7-10/h4-5,7,9,11,18H,2-3,6,8H2,1H3. The van der Waals surface area contributed by atoms with E-state index in [4.69, 9.17) is 11.6 Å². The molecule has 0 radical (unpaired) electrons. The van der Waals surface area contributed by atoms with Crippen LogP contribution in [0.25, 0.3) is 0 Å². The number of aliphatic hydroxyl groups excluding tert-OH is 1. The second-order valence-corrected chi connectivity index (χ2v) is 5.43. The van der Waals surface area contributed by atoms with Gasteiger partial charge in [-0.05, 0) is 38.0 Å². The molecule has 0 aromatic heterocycles. The lowest BCUT2D eigenvalue weighted by atomic mass is 9.93. The van der Waals surface area contributed by atoms with Crippen LogP contribution in [0, 0.1) is 11.7 Å². The zero-order chi connectivity index (χ0) is 14.0. The zero-order valence-corrected chi connectivity index (χ0v) is 11.5. The summed E-state index contributed by atoms with van der Waals surface area (Å²) >= 11 is 5.60. The first-order chi connectivity index (χ1) is 8.99. The number of hydrogen-bond donors (Lipinski definition) is 1. The SMILES string of the molecule is CC(O)C1CCCN(C(=O)c2ccc(Cl)c(F)c2)C1. The summed E-state index contributed by atoms with van der Waals surface area (Å²) in [5.74, 6) is -0.702. The van der Waals surface area contributed by atoms with Gasteiger partial charge in [-0.15, -0.1) is 0 Å². The van der Waals surface area contributed by atoms with E-state index in [1.54, 1.807) is 11.8 Å². The lowest BCUT2D eigenvalue weighted by Gasteiger charge is -2.34. The van der Waals surface area contributed by atoms with E-state index in [2.05, 4.69) is 0 Å². The lowest BCUT2D eigenvalue weighted by molar-refractivity contribution is 0.0465. The first-order valence-corrected chi connectivity index (χ1v) is 6.79. The Kier molecular flexibility index (Phi) is 4.42. The van der Waals surface area contributed by atoms with Crippen LogP contribution in [0.4, 0.5) is 4.39 Å². The number of rotatable bonds is 2. The number of likely N-dealkylation sites (tertiary alicyclic amines) is 1. The van der Waals surface area contributed by atoms with Gasteiger partial charge in [0, 0.05) is 24.6 Å². The fourth-order valence-electron chi connectivity index (χ4n) is 2.40. The number of amides is 1. The molecular weight excluding hydrogens is 269 g/mol. The molecule has 2 unspecified atom stereocenters. The van der Waals surface area contributed by atoms with Crippen molar-refractivity contribution < 1.29 is 14.3 Å². The Balaban J connectivity index is 2.12. The van der Waals surface area contributed by atoms with E-state index in [0.717, 1.165) is 18.9 Å². The monoisotopic (exact) mass is 285 g/mol. The fraction of sp³-hybridized carbons (Fsp3) is 0.500. The van der Waals surface area contributed by atoms with Crippen molar-refractivity contribution in [3.8, 4) is 0 Å². The molecule has 0 aliphatic carbocycles. The Morgan fingerprint density at radius 2 is 2.32 bits per heavy atom. The quantitative estimate of drug-likeness (QED) is 0.908. The largest absolute Gasteiger partial charge is 0.393 e. The van der Waals surface area contributed by atoms with Crippen molar-refractivity contribution in [3.63, 3.8) is 0 Å². The van der Waals surface area contributed by atoms with Crippen LogP contribution >= 0.6 is 11.6 Å². The van der Waals surface area contributed by atoms with Crippen molar-refractivity contribution in [2.75, 3.05) is 13.1 Å². The number of halogens is 2. The number of piperidine rings is 1. The minimum atomic E-state index is -0.586. The van der Waals surface area contributed by atoms with E-state index in [9.17, 15) is 14.3 Å². The summed E-state index contributed by atoms with van der Waals surface area (Å²) in [5.41, 5.74) is 0.299. The van der Waals surface area contributed by atoms with Gasteiger partial charge in [-0.1, -0.05) is 11.6 Å². The van der Waals surface area contributed by atoms with Crippen molar-refractivity contribution >= 4 is 17.5 Å². The smallest absolute Gasteiger partial charge is 0.253 e. The number of hydrogen-bond acceptors (Lipinski definition) is 2. The molecule has 19 heavy (non-hydrogen) atoms. The molecule has 1 aliphatic heterocycles. The highest BCUT2D eigenvalue weighted by Gasteiger charge is 2.27. The average molecular weight is 286 g/mol. The molecular formula is C14H17ClFNO2. The molecule has 0 spiro atoms. The topological polar surface area (TPSA) is 40.5 Å². The van der Waals surface area contributed by atoms with Crippen LogP contribution in [-0.4, -0.2) is 35.1 Å². The van der Waals surface area contributed by atoms with Gasteiger partial charge >= 0.3 is 0 Å². The van der Waals surface area contributed by atoms with Crippen LogP contribution in [0.1, 0.15) is 30.1 Å². The zero-order valence-electron chi connectivity index (χ0n) is 10.8. The molecule has 1 amide bonds. The normalized spacial score (nSPS) is 21.3. The highest BCUT2D eigenvalue weighted by molar-refractivity contribution is 6.30. The van der Waals surface area contributed by atoms with Gasteiger partial charge in [0.15, 0.2) is 0 Å². The molecule has 2 atom stereocenters. The van der Waals surface area contributed by atoms with Crippen molar-refractivity contribution in [1.82, 2.24) is 4.90 Å². The summed E-state index contributed by atoms with van der Waals surface area (Å²) in [6.45, 7) is 2.90. The molecule has 0 saturated carbocycles. The molecule has 104 valence electrons. The molecule has 0 bridgehead atoms. The first kappa shape index (κ1) is 14.3. The van der Waals surface area contributed by atoms with Crippen molar-refractivity contribution in [3.05, 3.63) is 34.6 Å². The third kappa shape index (κ3) is 3.25. The maximum atomic E-state index is 13.4. The summed E-state index contributed by atoms with van der Waals surface area (Å²) in [4.78, 5) is 13.9. The van der Waals surface area contributed by atoms with E-state index in [1.165, 1.54) is 12.1 Å². The molecule has 1 aromatic carbocycles. The van der Waals surface area contributed by atoms with E-state index in [-0.39, 0.29) is 16.8 Å². The predicted octanol–water partition coefficient (Wildman–Crippen LogP) is 2.71. The Labute approximate surface area is 117 Å².